The van der Waals surface area contributed by atoms with Gasteiger partial charge in [0, 0.05) is 38.2 Å². The second kappa shape index (κ2) is 7.09. The quantitative estimate of drug-likeness (QED) is 0.819. The monoisotopic (exact) mass is 263 g/mol. The number of carbonyl (C=O) groups is 1. The summed E-state index contributed by atoms with van der Waals surface area (Å²) in [5.41, 5.74) is 1.39. The first-order chi connectivity index (χ1) is 9.29. The molecule has 5 heteroatoms. The Hall–Kier alpha value is -1.62. The van der Waals surface area contributed by atoms with E-state index in [9.17, 15) is 4.79 Å². The predicted molar refractivity (Wildman–Crippen MR) is 74.3 cm³/mol. The van der Waals surface area contributed by atoms with Gasteiger partial charge < -0.3 is 15.4 Å². The van der Waals surface area contributed by atoms with Crippen molar-refractivity contribution in [3.63, 3.8) is 0 Å². The van der Waals surface area contributed by atoms with E-state index >= 15 is 0 Å². The summed E-state index contributed by atoms with van der Waals surface area (Å²) in [6.45, 7) is 5.17. The molecule has 104 valence electrons. The van der Waals surface area contributed by atoms with Crippen LogP contribution in [-0.2, 0) is 4.74 Å². The minimum absolute atomic E-state index is 0.129. The SMILES string of the molecule is CCNC(=O)c1cc(NCCC2CCOC2)ccn1. The van der Waals surface area contributed by atoms with Crippen LogP contribution >= 0.6 is 0 Å². The predicted octanol–water partition coefficient (Wildman–Crippen LogP) is 1.67. The van der Waals surface area contributed by atoms with E-state index in [-0.39, 0.29) is 5.91 Å². The van der Waals surface area contributed by atoms with Crippen LogP contribution in [0.1, 0.15) is 30.3 Å². The number of ether oxygens (including phenoxy) is 1. The second-order valence-corrected chi connectivity index (χ2v) is 4.73. The van der Waals surface area contributed by atoms with E-state index in [0.717, 1.165) is 38.3 Å². The van der Waals surface area contributed by atoms with Gasteiger partial charge in [-0.25, -0.2) is 0 Å². The number of hydrogen-bond acceptors (Lipinski definition) is 4. The normalized spacial score (nSPS) is 18.3. The summed E-state index contributed by atoms with van der Waals surface area (Å²) in [7, 11) is 0. The summed E-state index contributed by atoms with van der Waals surface area (Å²) in [6.07, 6.45) is 3.91. The molecule has 2 heterocycles. The van der Waals surface area contributed by atoms with Gasteiger partial charge in [0.25, 0.3) is 5.91 Å². The Morgan fingerprint density at radius 1 is 1.58 bits per heavy atom. The molecule has 5 nitrogen and oxygen atoms in total. The zero-order valence-electron chi connectivity index (χ0n) is 11.3. The molecule has 0 saturated carbocycles. The Morgan fingerprint density at radius 3 is 3.21 bits per heavy atom. The first-order valence-corrected chi connectivity index (χ1v) is 6.85. The van der Waals surface area contributed by atoms with Crippen LogP contribution in [0.2, 0.25) is 0 Å². The van der Waals surface area contributed by atoms with Crippen molar-refractivity contribution in [1.82, 2.24) is 10.3 Å². The highest BCUT2D eigenvalue weighted by Gasteiger charge is 2.14. The van der Waals surface area contributed by atoms with Crippen LogP contribution < -0.4 is 10.6 Å². The Balaban J connectivity index is 1.82. The van der Waals surface area contributed by atoms with Gasteiger partial charge in [-0.3, -0.25) is 9.78 Å². The fraction of sp³-hybridized carbons (Fsp3) is 0.571. The van der Waals surface area contributed by atoms with E-state index in [1.54, 1.807) is 12.3 Å². The second-order valence-electron chi connectivity index (χ2n) is 4.73. The first-order valence-electron chi connectivity index (χ1n) is 6.85. The molecule has 1 saturated heterocycles. The molecule has 0 aliphatic carbocycles. The molecule has 19 heavy (non-hydrogen) atoms. The molecule has 1 fully saturated rings. The number of nitrogens with zero attached hydrogens (tertiary/aromatic N) is 1. The minimum atomic E-state index is -0.129. The molecule has 1 aliphatic rings. The van der Waals surface area contributed by atoms with E-state index in [4.69, 9.17) is 4.74 Å². The maximum absolute atomic E-state index is 11.7. The number of carbonyl (C=O) groups excluding carboxylic acids is 1. The standard InChI is InChI=1S/C14H21N3O2/c1-2-15-14(18)13-9-12(4-7-17-13)16-6-3-11-5-8-19-10-11/h4,7,9,11H,2-3,5-6,8,10H2,1H3,(H,15,18)(H,16,17). The number of anilines is 1. The van der Waals surface area contributed by atoms with Crippen LogP contribution in [-0.4, -0.2) is 37.2 Å². The summed E-state index contributed by atoms with van der Waals surface area (Å²) in [6, 6.07) is 3.67. The largest absolute Gasteiger partial charge is 0.385 e. The zero-order valence-corrected chi connectivity index (χ0v) is 11.3. The lowest BCUT2D eigenvalue weighted by Gasteiger charge is -2.10. The van der Waals surface area contributed by atoms with E-state index in [0.29, 0.717) is 18.2 Å². The Morgan fingerprint density at radius 2 is 2.47 bits per heavy atom. The maximum Gasteiger partial charge on any atom is 0.269 e. The lowest BCUT2D eigenvalue weighted by Crippen LogP contribution is -2.23. The third kappa shape index (κ3) is 4.21. The minimum Gasteiger partial charge on any atom is -0.385 e. The molecular formula is C14H21N3O2. The summed E-state index contributed by atoms with van der Waals surface area (Å²) < 4.78 is 5.35. The molecule has 1 unspecified atom stereocenters. The van der Waals surface area contributed by atoms with Crippen LogP contribution in [0.15, 0.2) is 18.3 Å². The molecule has 2 rings (SSSR count). The van der Waals surface area contributed by atoms with Gasteiger partial charge in [0.1, 0.15) is 5.69 Å². The number of rotatable bonds is 6. The van der Waals surface area contributed by atoms with Crippen LogP contribution in [0, 0.1) is 5.92 Å². The van der Waals surface area contributed by atoms with Crippen molar-refractivity contribution in [3.8, 4) is 0 Å². The van der Waals surface area contributed by atoms with Gasteiger partial charge in [-0.1, -0.05) is 0 Å². The van der Waals surface area contributed by atoms with Gasteiger partial charge in [0.05, 0.1) is 0 Å². The smallest absolute Gasteiger partial charge is 0.269 e. The summed E-state index contributed by atoms with van der Waals surface area (Å²) in [5, 5.41) is 6.08. The highest BCUT2D eigenvalue weighted by atomic mass is 16.5. The molecule has 1 aromatic heterocycles. The molecule has 1 amide bonds. The average molecular weight is 263 g/mol. The van der Waals surface area contributed by atoms with Gasteiger partial charge in [-0.05, 0) is 37.8 Å². The van der Waals surface area contributed by atoms with Crippen molar-refractivity contribution in [3.05, 3.63) is 24.0 Å². The summed E-state index contributed by atoms with van der Waals surface area (Å²) in [5.74, 6) is 0.535. The third-order valence-electron chi connectivity index (χ3n) is 3.24. The topological polar surface area (TPSA) is 63.2 Å². The molecule has 0 radical (unpaired) electrons. The zero-order chi connectivity index (χ0) is 13.5. The van der Waals surface area contributed by atoms with Crippen molar-refractivity contribution < 1.29 is 9.53 Å². The van der Waals surface area contributed by atoms with Crippen LogP contribution in [0.25, 0.3) is 0 Å². The van der Waals surface area contributed by atoms with Crippen LogP contribution in [0.3, 0.4) is 0 Å². The molecular weight excluding hydrogens is 242 g/mol. The molecule has 1 aliphatic heterocycles. The number of aromatic nitrogens is 1. The van der Waals surface area contributed by atoms with E-state index in [1.807, 2.05) is 13.0 Å². The maximum atomic E-state index is 11.7. The fourth-order valence-corrected chi connectivity index (χ4v) is 2.15. The van der Waals surface area contributed by atoms with Crippen molar-refractivity contribution in [2.24, 2.45) is 5.92 Å². The fourth-order valence-electron chi connectivity index (χ4n) is 2.15. The first kappa shape index (κ1) is 13.8. The Kier molecular flexibility index (Phi) is 5.15. The van der Waals surface area contributed by atoms with E-state index in [2.05, 4.69) is 15.6 Å². The molecule has 0 spiro atoms. The molecule has 1 aromatic rings. The number of amides is 1. The average Bonchev–Trinajstić information content (AvgIpc) is 2.93. The molecule has 0 aromatic carbocycles. The number of hydrogen-bond donors (Lipinski definition) is 2. The molecule has 2 N–H and O–H groups in total. The number of pyridine rings is 1. The highest BCUT2D eigenvalue weighted by Crippen LogP contribution is 2.16. The molecule has 1 atom stereocenters. The van der Waals surface area contributed by atoms with Crippen LogP contribution in [0.4, 0.5) is 5.69 Å². The van der Waals surface area contributed by atoms with Gasteiger partial charge >= 0.3 is 0 Å². The highest BCUT2D eigenvalue weighted by molar-refractivity contribution is 5.93. The van der Waals surface area contributed by atoms with Crippen molar-refractivity contribution >= 4 is 11.6 Å². The van der Waals surface area contributed by atoms with Gasteiger partial charge in [0.2, 0.25) is 0 Å². The third-order valence-corrected chi connectivity index (χ3v) is 3.24. The van der Waals surface area contributed by atoms with Gasteiger partial charge in [-0.15, -0.1) is 0 Å². The van der Waals surface area contributed by atoms with Gasteiger partial charge in [0.15, 0.2) is 0 Å². The lowest BCUT2D eigenvalue weighted by atomic mass is 10.1. The van der Waals surface area contributed by atoms with Crippen LogP contribution in [0.5, 0.6) is 0 Å². The molecule has 0 bridgehead atoms. The number of nitrogens with one attached hydrogen (secondary N) is 2. The van der Waals surface area contributed by atoms with E-state index in [1.165, 1.54) is 0 Å². The van der Waals surface area contributed by atoms with Crippen molar-refractivity contribution in [1.29, 1.82) is 0 Å². The van der Waals surface area contributed by atoms with Crippen molar-refractivity contribution in [2.75, 3.05) is 31.6 Å². The summed E-state index contributed by atoms with van der Waals surface area (Å²) in [4.78, 5) is 15.7. The van der Waals surface area contributed by atoms with Crippen molar-refractivity contribution in [2.45, 2.75) is 19.8 Å². The Bertz CT molecular complexity index is 417. The lowest BCUT2D eigenvalue weighted by molar-refractivity contribution is 0.0951. The summed E-state index contributed by atoms with van der Waals surface area (Å²) >= 11 is 0. The Labute approximate surface area is 113 Å². The van der Waals surface area contributed by atoms with E-state index < -0.39 is 0 Å². The van der Waals surface area contributed by atoms with Gasteiger partial charge in [-0.2, -0.15) is 0 Å².